The molecule has 2 saturated heterocycles. The number of hydrogen-bond acceptors (Lipinski definition) is 4. The van der Waals surface area contributed by atoms with Crippen LogP contribution in [0.1, 0.15) is 39.5 Å². The zero-order valence-electron chi connectivity index (χ0n) is 11.5. The van der Waals surface area contributed by atoms with Gasteiger partial charge in [-0.05, 0) is 19.8 Å². The van der Waals surface area contributed by atoms with Crippen LogP contribution >= 0.6 is 11.8 Å². The van der Waals surface area contributed by atoms with Crippen molar-refractivity contribution in [3.63, 3.8) is 0 Å². The van der Waals surface area contributed by atoms with Gasteiger partial charge in [-0.1, -0.05) is 13.3 Å². The SMILES string of the molecule is CCCC(O)CNC(=O)C1CSC2(C)CCC(=O)N12. The van der Waals surface area contributed by atoms with Gasteiger partial charge in [-0.2, -0.15) is 0 Å². The van der Waals surface area contributed by atoms with E-state index in [2.05, 4.69) is 5.32 Å². The fraction of sp³-hybridized carbons (Fsp3) is 0.846. The second-order valence-electron chi connectivity index (χ2n) is 5.45. The molecule has 3 atom stereocenters. The van der Waals surface area contributed by atoms with Gasteiger partial charge < -0.3 is 15.3 Å². The Hall–Kier alpha value is -0.750. The summed E-state index contributed by atoms with van der Waals surface area (Å²) >= 11 is 1.68. The number of aliphatic hydroxyl groups is 1. The van der Waals surface area contributed by atoms with Crippen LogP contribution in [0.15, 0.2) is 0 Å². The van der Waals surface area contributed by atoms with Crippen molar-refractivity contribution in [2.45, 2.75) is 56.5 Å². The summed E-state index contributed by atoms with van der Waals surface area (Å²) < 4.78 is 0. The number of thioether (sulfide) groups is 1. The van der Waals surface area contributed by atoms with E-state index in [0.717, 1.165) is 12.8 Å². The second-order valence-corrected chi connectivity index (χ2v) is 6.95. The third kappa shape index (κ3) is 2.89. The lowest BCUT2D eigenvalue weighted by Gasteiger charge is -2.30. The molecular formula is C13H22N2O3S. The first-order valence-corrected chi connectivity index (χ1v) is 7.88. The summed E-state index contributed by atoms with van der Waals surface area (Å²) in [4.78, 5) is 25.6. The van der Waals surface area contributed by atoms with Gasteiger partial charge in [0.1, 0.15) is 6.04 Å². The zero-order chi connectivity index (χ0) is 14.0. The van der Waals surface area contributed by atoms with Gasteiger partial charge in [0, 0.05) is 18.7 Å². The summed E-state index contributed by atoms with van der Waals surface area (Å²) in [5, 5.41) is 12.4. The van der Waals surface area contributed by atoms with Crippen LogP contribution in [0, 0.1) is 0 Å². The van der Waals surface area contributed by atoms with Crippen molar-refractivity contribution in [1.29, 1.82) is 0 Å². The minimum absolute atomic E-state index is 0.0711. The molecule has 19 heavy (non-hydrogen) atoms. The van der Waals surface area contributed by atoms with Gasteiger partial charge >= 0.3 is 0 Å². The Morgan fingerprint density at radius 3 is 3.11 bits per heavy atom. The maximum Gasteiger partial charge on any atom is 0.243 e. The summed E-state index contributed by atoms with van der Waals surface area (Å²) in [5.74, 6) is 0.584. The average Bonchev–Trinajstić information content (AvgIpc) is 2.85. The Morgan fingerprint density at radius 2 is 2.42 bits per heavy atom. The number of aliphatic hydroxyl groups excluding tert-OH is 1. The topological polar surface area (TPSA) is 69.6 Å². The maximum absolute atomic E-state index is 12.2. The molecule has 2 N–H and O–H groups in total. The normalized spacial score (nSPS) is 31.4. The van der Waals surface area contributed by atoms with Gasteiger partial charge in [0.05, 0.1) is 11.0 Å². The van der Waals surface area contributed by atoms with Gasteiger partial charge in [-0.3, -0.25) is 9.59 Å². The van der Waals surface area contributed by atoms with E-state index < -0.39 is 6.10 Å². The molecule has 0 saturated carbocycles. The van der Waals surface area contributed by atoms with Crippen molar-refractivity contribution in [3.8, 4) is 0 Å². The molecule has 2 amide bonds. The summed E-state index contributed by atoms with van der Waals surface area (Å²) in [6, 6.07) is -0.376. The number of nitrogens with one attached hydrogen (secondary N) is 1. The van der Waals surface area contributed by atoms with E-state index in [1.807, 2.05) is 13.8 Å². The number of carbonyl (C=O) groups excluding carboxylic acids is 2. The molecule has 2 heterocycles. The van der Waals surface area contributed by atoms with Crippen LogP contribution in [-0.2, 0) is 9.59 Å². The molecule has 2 fully saturated rings. The number of hydrogen-bond donors (Lipinski definition) is 2. The highest BCUT2D eigenvalue weighted by Gasteiger charge is 2.52. The number of rotatable bonds is 5. The van der Waals surface area contributed by atoms with Crippen LogP contribution in [0.25, 0.3) is 0 Å². The Bertz CT molecular complexity index is 377. The predicted molar refractivity (Wildman–Crippen MR) is 74.7 cm³/mol. The molecule has 0 bridgehead atoms. The Kier molecular flexibility index (Phi) is 4.40. The van der Waals surface area contributed by atoms with Crippen LogP contribution < -0.4 is 5.32 Å². The molecule has 0 aromatic heterocycles. The third-order valence-corrected chi connectivity index (χ3v) is 5.39. The molecule has 0 radical (unpaired) electrons. The van der Waals surface area contributed by atoms with E-state index >= 15 is 0 Å². The van der Waals surface area contributed by atoms with Crippen molar-refractivity contribution < 1.29 is 14.7 Å². The van der Waals surface area contributed by atoms with Crippen molar-refractivity contribution in [3.05, 3.63) is 0 Å². The molecule has 2 aliphatic heterocycles. The highest BCUT2D eigenvalue weighted by Crippen LogP contribution is 2.47. The van der Waals surface area contributed by atoms with Gasteiger partial charge in [-0.25, -0.2) is 0 Å². The second kappa shape index (κ2) is 5.71. The van der Waals surface area contributed by atoms with E-state index in [-0.39, 0.29) is 29.3 Å². The number of amides is 2. The quantitative estimate of drug-likeness (QED) is 0.781. The Labute approximate surface area is 118 Å². The Balaban J connectivity index is 1.91. The summed E-state index contributed by atoms with van der Waals surface area (Å²) in [6.07, 6.45) is 2.42. The maximum atomic E-state index is 12.2. The van der Waals surface area contributed by atoms with Gasteiger partial charge in [0.2, 0.25) is 11.8 Å². The van der Waals surface area contributed by atoms with Gasteiger partial charge in [0.25, 0.3) is 0 Å². The van der Waals surface area contributed by atoms with Crippen molar-refractivity contribution in [2.24, 2.45) is 0 Å². The molecule has 5 nitrogen and oxygen atoms in total. The van der Waals surface area contributed by atoms with E-state index in [1.165, 1.54) is 0 Å². The minimum atomic E-state index is -0.497. The highest BCUT2D eigenvalue weighted by atomic mass is 32.2. The first-order valence-electron chi connectivity index (χ1n) is 6.90. The fourth-order valence-corrected chi connectivity index (χ4v) is 4.22. The van der Waals surface area contributed by atoms with Crippen LogP contribution in [0.5, 0.6) is 0 Å². The molecule has 6 heteroatoms. The number of fused-ring (bicyclic) bond motifs is 1. The first kappa shape index (κ1) is 14.7. The molecule has 108 valence electrons. The molecule has 0 aromatic carbocycles. The standard InChI is InChI=1S/C13H22N2O3S/c1-3-4-9(16)7-14-12(18)10-8-19-13(2)6-5-11(17)15(10)13/h9-10,16H,3-8H2,1-2H3,(H,14,18). The van der Waals surface area contributed by atoms with E-state index in [4.69, 9.17) is 0 Å². The molecule has 3 unspecified atom stereocenters. The van der Waals surface area contributed by atoms with Crippen LogP contribution in [-0.4, -0.2) is 51.1 Å². The monoisotopic (exact) mass is 286 g/mol. The van der Waals surface area contributed by atoms with Crippen molar-refractivity contribution >= 4 is 23.6 Å². The Morgan fingerprint density at radius 1 is 1.68 bits per heavy atom. The summed E-state index contributed by atoms with van der Waals surface area (Å²) in [5.41, 5.74) is 0. The van der Waals surface area contributed by atoms with E-state index in [1.54, 1.807) is 16.7 Å². The smallest absolute Gasteiger partial charge is 0.243 e. The van der Waals surface area contributed by atoms with Crippen LogP contribution in [0.2, 0.25) is 0 Å². The van der Waals surface area contributed by atoms with Gasteiger partial charge in [-0.15, -0.1) is 11.8 Å². The predicted octanol–water partition coefficient (Wildman–Crippen LogP) is 0.718. The average molecular weight is 286 g/mol. The number of nitrogens with zero attached hydrogens (tertiary/aromatic N) is 1. The summed E-state index contributed by atoms with van der Waals surface area (Å²) in [7, 11) is 0. The van der Waals surface area contributed by atoms with E-state index in [9.17, 15) is 14.7 Å². The third-order valence-electron chi connectivity index (χ3n) is 3.88. The molecule has 0 aliphatic carbocycles. The fourth-order valence-electron chi connectivity index (χ4n) is 2.79. The molecular weight excluding hydrogens is 264 g/mol. The lowest BCUT2D eigenvalue weighted by atomic mass is 10.2. The zero-order valence-corrected chi connectivity index (χ0v) is 12.3. The first-order chi connectivity index (χ1) is 8.98. The molecule has 2 rings (SSSR count). The van der Waals surface area contributed by atoms with Crippen LogP contribution in [0.4, 0.5) is 0 Å². The minimum Gasteiger partial charge on any atom is -0.391 e. The molecule has 0 spiro atoms. The lowest BCUT2D eigenvalue weighted by Crippen LogP contribution is -2.51. The summed E-state index contributed by atoms with van der Waals surface area (Å²) in [6.45, 7) is 4.29. The van der Waals surface area contributed by atoms with Crippen LogP contribution in [0.3, 0.4) is 0 Å². The largest absolute Gasteiger partial charge is 0.391 e. The van der Waals surface area contributed by atoms with Crippen molar-refractivity contribution in [1.82, 2.24) is 10.2 Å². The molecule has 2 aliphatic rings. The lowest BCUT2D eigenvalue weighted by molar-refractivity contribution is -0.138. The highest BCUT2D eigenvalue weighted by molar-refractivity contribution is 8.01. The number of carbonyl (C=O) groups is 2. The van der Waals surface area contributed by atoms with Crippen molar-refractivity contribution in [2.75, 3.05) is 12.3 Å². The van der Waals surface area contributed by atoms with E-state index in [0.29, 0.717) is 18.6 Å². The molecule has 0 aromatic rings. The van der Waals surface area contributed by atoms with Gasteiger partial charge in [0.15, 0.2) is 0 Å².